The zero-order valence-electron chi connectivity index (χ0n) is 12.2. The number of nitrogens with one attached hydrogen (secondary N) is 2. The molecule has 0 saturated carbocycles. The predicted octanol–water partition coefficient (Wildman–Crippen LogP) is 2.41. The highest BCUT2D eigenvalue weighted by molar-refractivity contribution is 5.85. The fourth-order valence-corrected chi connectivity index (χ4v) is 2.45. The molecule has 2 aromatic rings. The third kappa shape index (κ3) is 4.09. The van der Waals surface area contributed by atoms with Crippen LogP contribution < -0.4 is 10.6 Å². The van der Waals surface area contributed by atoms with Crippen molar-refractivity contribution < 1.29 is 0 Å². The van der Waals surface area contributed by atoms with E-state index in [9.17, 15) is 0 Å². The smallest absolute Gasteiger partial charge is 0.126 e. The number of rotatable bonds is 3. The molecule has 0 amide bonds. The van der Waals surface area contributed by atoms with Gasteiger partial charge in [-0.2, -0.15) is 0 Å². The highest BCUT2D eigenvalue weighted by Crippen LogP contribution is 2.22. The molecule has 3 heterocycles. The Hall–Kier alpha value is -1.30. The largest absolute Gasteiger partial charge is 0.366 e. The number of anilines is 1. The fourth-order valence-electron chi connectivity index (χ4n) is 2.45. The molecule has 1 saturated heterocycles. The van der Waals surface area contributed by atoms with Crippen LogP contribution in [0, 0.1) is 6.92 Å². The van der Waals surface area contributed by atoms with Crippen molar-refractivity contribution in [3.8, 4) is 11.3 Å². The Morgan fingerprint density at radius 1 is 1.33 bits per heavy atom. The van der Waals surface area contributed by atoms with Crippen molar-refractivity contribution in [3.05, 3.63) is 30.4 Å². The van der Waals surface area contributed by atoms with E-state index < -0.39 is 0 Å². The minimum atomic E-state index is 0. The zero-order chi connectivity index (χ0) is 13.2. The highest BCUT2D eigenvalue weighted by atomic mass is 35.5. The Morgan fingerprint density at radius 3 is 2.71 bits per heavy atom. The maximum Gasteiger partial charge on any atom is 0.126 e. The first-order valence-electron chi connectivity index (χ1n) is 6.65. The molecule has 1 aliphatic heterocycles. The molecule has 0 spiro atoms. The molecule has 21 heavy (non-hydrogen) atoms. The topological polar surface area (TPSA) is 54.8 Å². The molecule has 5 nitrogen and oxygen atoms in total. The van der Waals surface area contributed by atoms with Crippen molar-refractivity contribution in [3.63, 3.8) is 0 Å². The van der Waals surface area contributed by atoms with Gasteiger partial charge in [-0.3, -0.25) is 0 Å². The average Bonchev–Trinajstić information content (AvgIpc) is 3.01. The van der Waals surface area contributed by atoms with Gasteiger partial charge in [0.15, 0.2) is 0 Å². The van der Waals surface area contributed by atoms with Gasteiger partial charge in [0.05, 0.1) is 12.0 Å². The maximum atomic E-state index is 4.63. The Labute approximate surface area is 137 Å². The lowest BCUT2D eigenvalue weighted by Gasteiger charge is -2.13. The van der Waals surface area contributed by atoms with Crippen LogP contribution in [0.4, 0.5) is 5.82 Å². The first kappa shape index (κ1) is 17.8. The molecule has 2 N–H and O–H groups in total. The number of hydrogen-bond acceptors (Lipinski definition) is 4. The number of nitrogens with zero attached hydrogens (tertiary/aromatic N) is 3. The second-order valence-corrected chi connectivity index (χ2v) is 5.09. The van der Waals surface area contributed by atoms with E-state index in [2.05, 4.69) is 26.7 Å². The number of hydrogen-bond donors (Lipinski definition) is 2. The molecule has 3 rings (SSSR count). The first-order valence-corrected chi connectivity index (χ1v) is 6.65. The molecule has 2 aromatic heterocycles. The van der Waals surface area contributed by atoms with Gasteiger partial charge in [-0.25, -0.2) is 9.97 Å². The molecule has 1 atom stereocenters. The minimum Gasteiger partial charge on any atom is -0.366 e. The second-order valence-electron chi connectivity index (χ2n) is 5.09. The molecule has 1 aliphatic rings. The Morgan fingerprint density at radius 2 is 2.14 bits per heavy atom. The lowest BCUT2D eigenvalue weighted by atomic mass is 10.1. The van der Waals surface area contributed by atoms with Crippen molar-refractivity contribution in [1.82, 2.24) is 19.9 Å². The van der Waals surface area contributed by atoms with E-state index in [0.29, 0.717) is 6.04 Å². The fraction of sp³-hybridized carbons (Fsp3) is 0.429. The molecule has 1 fully saturated rings. The van der Waals surface area contributed by atoms with Crippen molar-refractivity contribution in [2.24, 2.45) is 7.05 Å². The van der Waals surface area contributed by atoms with Gasteiger partial charge in [-0.15, -0.1) is 24.8 Å². The third-order valence-corrected chi connectivity index (χ3v) is 3.48. The molecular weight excluding hydrogens is 309 g/mol. The SMILES string of the molecule is Cc1nc(N[C@H]2CCNC2)ccc1-c1cn(C)cn1.Cl.Cl. The van der Waals surface area contributed by atoms with Gasteiger partial charge in [0.2, 0.25) is 0 Å². The van der Waals surface area contributed by atoms with Crippen molar-refractivity contribution in [2.75, 3.05) is 18.4 Å². The lowest BCUT2D eigenvalue weighted by Crippen LogP contribution is -2.22. The zero-order valence-corrected chi connectivity index (χ0v) is 13.8. The summed E-state index contributed by atoms with van der Waals surface area (Å²) >= 11 is 0. The summed E-state index contributed by atoms with van der Waals surface area (Å²) in [6, 6.07) is 4.62. The highest BCUT2D eigenvalue weighted by Gasteiger charge is 2.15. The van der Waals surface area contributed by atoms with E-state index in [4.69, 9.17) is 0 Å². The van der Waals surface area contributed by atoms with Crippen molar-refractivity contribution >= 4 is 30.6 Å². The van der Waals surface area contributed by atoms with E-state index in [-0.39, 0.29) is 24.8 Å². The minimum absolute atomic E-state index is 0. The van der Waals surface area contributed by atoms with Gasteiger partial charge in [-0.05, 0) is 32.0 Å². The molecule has 0 bridgehead atoms. The van der Waals surface area contributed by atoms with E-state index in [1.54, 1.807) is 0 Å². The number of pyridine rings is 1. The first-order chi connectivity index (χ1) is 9.22. The monoisotopic (exact) mass is 329 g/mol. The number of halogens is 2. The lowest BCUT2D eigenvalue weighted by molar-refractivity contribution is 0.787. The van der Waals surface area contributed by atoms with Crippen LogP contribution in [0.25, 0.3) is 11.3 Å². The normalized spacial score (nSPS) is 17.0. The number of imidazole rings is 1. The van der Waals surface area contributed by atoms with Crippen LogP contribution in [0.15, 0.2) is 24.7 Å². The summed E-state index contributed by atoms with van der Waals surface area (Å²) in [6.45, 7) is 4.13. The summed E-state index contributed by atoms with van der Waals surface area (Å²) in [5, 5.41) is 6.81. The number of aryl methyl sites for hydroxylation is 2. The van der Waals surface area contributed by atoms with Gasteiger partial charge < -0.3 is 15.2 Å². The van der Waals surface area contributed by atoms with Crippen LogP contribution in [0.5, 0.6) is 0 Å². The molecule has 0 radical (unpaired) electrons. The molecule has 0 aromatic carbocycles. The third-order valence-electron chi connectivity index (χ3n) is 3.48. The summed E-state index contributed by atoms with van der Waals surface area (Å²) < 4.78 is 1.95. The van der Waals surface area contributed by atoms with E-state index in [1.807, 2.05) is 37.1 Å². The average molecular weight is 330 g/mol. The van der Waals surface area contributed by atoms with Crippen LogP contribution in [0.2, 0.25) is 0 Å². The molecule has 116 valence electrons. The van der Waals surface area contributed by atoms with Crippen LogP contribution in [-0.2, 0) is 7.05 Å². The Bertz CT molecular complexity index is 578. The van der Waals surface area contributed by atoms with Crippen LogP contribution in [0.1, 0.15) is 12.1 Å². The summed E-state index contributed by atoms with van der Waals surface area (Å²) in [4.78, 5) is 9.01. The van der Waals surface area contributed by atoms with E-state index in [0.717, 1.165) is 42.3 Å². The van der Waals surface area contributed by atoms with Crippen LogP contribution >= 0.6 is 24.8 Å². The van der Waals surface area contributed by atoms with E-state index in [1.165, 1.54) is 0 Å². The molecule has 0 unspecified atom stereocenters. The van der Waals surface area contributed by atoms with Gasteiger partial charge in [0, 0.05) is 37.1 Å². The summed E-state index contributed by atoms with van der Waals surface area (Å²) in [7, 11) is 1.97. The maximum absolute atomic E-state index is 4.63. The Kier molecular flexibility index (Phi) is 6.45. The molecule has 7 heteroatoms. The van der Waals surface area contributed by atoms with Gasteiger partial charge in [-0.1, -0.05) is 0 Å². The summed E-state index contributed by atoms with van der Waals surface area (Å²) in [6.07, 6.45) is 4.98. The molecule has 0 aliphatic carbocycles. The predicted molar refractivity (Wildman–Crippen MR) is 90.6 cm³/mol. The summed E-state index contributed by atoms with van der Waals surface area (Å²) in [5.74, 6) is 0.950. The molecular formula is C14H21Cl2N5. The van der Waals surface area contributed by atoms with Crippen molar-refractivity contribution in [2.45, 2.75) is 19.4 Å². The van der Waals surface area contributed by atoms with Gasteiger partial charge >= 0.3 is 0 Å². The van der Waals surface area contributed by atoms with Crippen LogP contribution in [-0.4, -0.2) is 33.7 Å². The van der Waals surface area contributed by atoms with Crippen LogP contribution in [0.3, 0.4) is 0 Å². The van der Waals surface area contributed by atoms with Crippen molar-refractivity contribution in [1.29, 1.82) is 0 Å². The standard InChI is InChI=1S/C14H19N5.2ClH/c1-10-12(13-8-19(2)9-16-13)3-4-14(17-10)18-11-5-6-15-7-11;;/h3-4,8-9,11,15H,5-7H2,1-2H3,(H,17,18);2*1H/t11-;;/m0../s1. The Balaban J connectivity index is 0.00000110. The number of aromatic nitrogens is 3. The van der Waals surface area contributed by atoms with Gasteiger partial charge in [0.1, 0.15) is 5.82 Å². The second kappa shape index (κ2) is 7.64. The quantitative estimate of drug-likeness (QED) is 0.907. The van der Waals surface area contributed by atoms with Gasteiger partial charge in [0.25, 0.3) is 0 Å². The summed E-state index contributed by atoms with van der Waals surface area (Å²) in [5.41, 5.74) is 3.08. The van der Waals surface area contributed by atoms with E-state index >= 15 is 0 Å².